The first kappa shape index (κ1) is 8.01. The lowest BCUT2D eigenvalue weighted by Crippen LogP contribution is -2.03. The summed E-state index contributed by atoms with van der Waals surface area (Å²) in [5, 5.41) is 0. The number of Topliss-reactive ketones (excluding diaryl/α,β-unsaturated/α-hetero) is 2. The third kappa shape index (κ3) is 4.87. The SMILES string of the molecule is CC(=O)CC(=O)CC=O. The summed E-state index contributed by atoms with van der Waals surface area (Å²) in [7, 11) is 0. The first-order valence-electron chi connectivity index (χ1n) is 2.61. The van der Waals surface area contributed by atoms with Gasteiger partial charge in [0.1, 0.15) is 17.9 Å². The Hall–Kier alpha value is -0.990. The zero-order valence-electron chi connectivity index (χ0n) is 5.22. The Bertz CT molecular complexity index is 137. The lowest BCUT2D eigenvalue weighted by Gasteiger charge is -1.87. The third-order valence-corrected chi connectivity index (χ3v) is 0.757. The Morgan fingerprint density at radius 1 is 1.44 bits per heavy atom. The van der Waals surface area contributed by atoms with Crippen LogP contribution in [0.1, 0.15) is 19.8 Å². The van der Waals surface area contributed by atoms with Gasteiger partial charge in [-0.3, -0.25) is 9.59 Å². The number of hydrogen-bond donors (Lipinski definition) is 0. The Morgan fingerprint density at radius 3 is 2.33 bits per heavy atom. The first-order valence-corrected chi connectivity index (χ1v) is 2.61. The average molecular weight is 128 g/mol. The van der Waals surface area contributed by atoms with Crippen LogP contribution in [-0.4, -0.2) is 17.9 Å². The fraction of sp³-hybridized carbons (Fsp3) is 0.500. The van der Waals surface area contributed by atoms with E-state index in [-0.39, 0.29) is 24.4 Å². The van der Waals surface area contributed by atoms with Gasteiger partial charge in [-0.2, -0.15) is 0 Å². The van der Waals surface area contributed by atoms with Crippen molar-refractivity contribution in [3.8, 4) is 0 Å². The van der Waals surface area contributed by atoms with Crippen LogP contribution in [0.5, 0.6) is 0 Å². The van der Waals surface area contributed by atoms with Crippen LogP contribution in [0.3, 0.4) is 0 Å². The summed E-state index contributed by atoms with van der Waals surface area (Å²) in [6, 6.07) is 0. The van der Waals surface area contributed by atoms with Crippen molar-refractivity contribution in [2.75, 3.05) is 0 Å². The van der Waals surface area contributed by atoms with Gasteiger partial charge in [-0.05, 0) is 6.92 Å². The zero-order chi connectivity index (χ0) is 7.28. The van der Waals surface area contributed by atoms with E-state index in [1.165, 1.54) is 6.92 Å². The molecule has 0 aliphatic heterocycles. The molecule has 0 atom stereocenters. The van der Waals surface area contributed by atoms with Crippen LogP contribution in [-0.2, 0) is 14.4 Å². The van der Waals surface area contributed by atoms with E-state index in [1.54, 1.807) is 0 Å². The Balaban J connectivity index is 3.50. The van der Waals surface area contributed by atoms with Gasteiger partial charge in [0.2, 0.25) is 0 Å². The number of rotatable bonds is 4. The van der Waals surface area contributed by atoms with Gasteiger partial charge in [-0.15, -0.1) is 0 Å². The van der Waals surface area contributed by atoms with Gasteiger partial charge in [0.05, 0.1) is 12.8 Å². The summed E-state index contributed by atoms with van der Waals surface area (Å²) in [5.41, 5.74) is 0. The number of carbonyl (C=O) groups is 3. The molecule has 0 aromatic rings. The van der Waals surface area contributed by atoms with Crippen LogP contribution in [0.2, 0.25) is 0 Å². The molecule has 0 rings (SSSR count). The fourth-order valence-corrected chi connectivity index (χ4v) is 0.443. The van der Waals surface area contributed by atoms with E-state index in [0.29, 0.717) is 6.29 Å². The first-order chi connectivity index (χ1) is 4.16. The number of ketones is 2. The van der Waals surface area contributed by atoms with E-state index >= 15 is 0 Å². The lowest BCUT2D eigenvalue weighted by molar-refractivity contribution is -0.126. The summed E-state index contributed by atoms with van der Waals surface area (Å²) < 4.78 is 0. The molecular formula is C6H8O3. The monoisotopic (exact) mass is 128 g/mol. The quantitative estimate of drug-likeness (QED) is 0.399. The highest BCUT2D eigenvalue weighted by molar-refractivity contribution is 6.02. The largest absolute Gasteiger partial charge is 0.303 e. The van der Waals surface area contributed by atoms with E-state index in [9.17, 15) is 14.4 Å². The Morgan fingerprint density at radius 2 is 2.00 bits per heavy atom. The molecule has 0 fully saturated rings. The molecule has 3 heteroatoms. The molecule has 0 radical (unpaired) electrons. The highest BCUT2D eigenvalue weighted by atomic mass is 16.2. The molecule has 0 aliphatic carbocycles. The predicted octanol–water partition coefficient (Wildman–Crippen LogP) is 0.124. The maximum Gasteiger partial charge on any atom is 0.147 e. The third-order valence-electron chi connectivity index (χ3n) is 0.757. The Kier molecular flexibility index (Phi) is 3.51. The van der Waals surface area contributed by atoms with Crippen LogP contribution >= 0.6 is 0 Å². The van der Waals surface area contributed by atoms with Crippen LogP contribution in [0, 0.1) is 0 Å². The second kappa shape index (κ2) is 3.95. The lowest BCUT2D eigenvalue weighted by atomic mass is 10.2. The maximum absolute atomic E-state index is 10.4. The fourth-order valence-electron chi connectivity index (χ4n) is 0.443. The highest BCUT2D eigenvalue weighted by Crippen LogP contribution is 1.87. The minimum absolute atomic E-state index is 0.112. The van der Waals surface area contributed by atoms with Gasteiger partial charge in [-0.25, -0.2) is 0 Å². The summed E-state index contributed by atoms with van der Waals surface area (Å²) in [4.78, 5) is 30.3. The Labute approximate surface area is 53.0 Å². The topological polar surface area (TPSA) is 51.2 Å². The molecule has 0 unspecified atom stereocenters. The van der Waals surface area contributed by atoms with Crippen LogP contribution in [0.4, 0.5) is 0 Å². The van der Waals surface area contributed by atoms with Crippen molar-refractivity contribution in [2.45, 2.75) is 19.8 Å². The maximum atomic E-state index is 10.4. The normalized spacial score (nSPS) is 8.56. The molecule has 0 aromatic carbocycles. The summed E-state index contributed by atoms with van der Waals surface area (Å²) in [6.07, 6.45) is 0.254. The molecule has 9 heavy (non-hydrogen) atoms. The van der Waals surface area contributed by atoms with Crippen LogP contribution < -0.4 is 0 Å². The minimum Gasteiger partial charge on any atom is -0.303 e. The second-order valence-electron chi connectivity index (χ2n) is 1.79. The molecule has 3 nitrogen and oxygen atoms in total. The smallest absolute Gasteiger partial charge is 0.147 e. The van der Waals surface area contributed by atoms with Crippen molar-refractivity contribution in [3.63, 3.8) is 0 Å². The summed E-state index contributed by atoms with van der Waals surface area (Å²) in [5.74, 6) is -0.501. The molecule has 0 saturated heterocycles. The van der Waals surface area contributed by atoms with Crippen molar-refractivity contribution in [1.29, 1.82) is 0 Å². The number of carbonyl (C=O) groups excluding carboxylic acids is 3. The van der Waals surface area contributed by atoms with E-state index < -0.39 is 0 Å². The van der Waals surface area contributed by atoms with Gasteiger partial charge in [0.15, 0.2) is 0 Å². The molecule has 0 heterocycles. The van der Waals surface area contributed by atoms with E-state index in [1.807, 2.05) is 0 Å². The minimum atomic E-state index is -0.308. The molecule has 50 valence electrons. The van der Waals surface area contributed by atoms with E-state index in [2.05, 4.69) is 0 Å². The highest BCUT2D eigenvalue weighted by Gasteiger charge is 2.02. The standard InChI is InChI=1S/C6H8O3/c1-5(8)4-6(9)2-3-7/h3H,2,4H2,1H3. The summed E-state index contributed by atoms with van der Waals surface area (Å²) >= 11 is 0. The van der Waals surface area contributed by atoms with Crippen molar-refractivity contribution in [2.24, 2.45) is 0 Å². The van der Waals surface area contributed by atoms with Crippen LogP contribution in [0.25, 0.3) is 0 Å². The van der Waals surface area contributed by atoms with Gasteiger partial charge < -0.3 is 4.79 Å². The van der Waals surface area contributed by atoms with Crippen molar-refractivity contribution < 1.29 is 14.4 Å². The van der Waals surface area contributed by atoms with E-state index in [4.69, 9.17) is 0 Å². The zero-order valence-corrected chi connectivity index (χ0v) is 5.22. The van der Waals surface area contributed by atoms with Gasteiger partial charge >= 0.3 is 0 Å². The van der Waals surface area contributed by atoms with E-state index in [0.717, 1.165) is 0 Å². The van der Waals surface area contributed by atoms with Crippen LogP contribution in [0.15, 0.2) is 0 Å². The van der Waals surface area contributed by atoms with Crippen molar-refractivity contribution in [1.82, 2.24) is 0 Å². The molecule has 0 N–H and O–H groups in total. The van der Waals surface area contributed by atoms with Crippen molar-refractivity contribution >= 4 is 17.9 Å². The molecular weight excluding hydrogens is 120 g/mol. The number of hydrogen-bond acceptors (Lipinski definition) is 3. The number of aldehydes is 1. The molecule has 0 aromatic heterocycles. The summed E-state index contributed by atoms with van der Waals surface area (Å²) in [6.45, 7) is 1.32. The molecule has 0 amide bonds. The van der Waals surface area contributed by atoms with Gasteiger partial charge in [0, 0.05) is 0 Å². The molecule has 0 saturated carbocycles. The predicted molar refractivity (Wildman–Crippen MR) is 31.0 cm³/mol. The molecule has 0 bridgehead atoms. The van der Waals surface area contributed by atoms with Crippen molar-refractivity contribution in [3.05, 3.63) is 0 Å². The second-order valence-corrected chi connectivity index (χ2v) is 1.79. The van der Waals surface area contributed by atoms with Gasteiger partial charge in [-0.1, -0.05) is 0 Å². The molecule has 0 spiro atoms. The molecule has 0 aliphatic rings. The van der Waals surface area contributed by atoms with Gasteiger partial charge in [0.25, 0.3) is 0 Å². The average Bonchev–Trinajstić information content (AvgIpc) is 1.63.